The van der Waals surface area contributed by atoms with Crippen LogP contribution in [0.25, 0.3) is 0 Å². The van der Waals surface area contributed by atoms with Gasteiger partial charge in [-0.15, -0.1) is 0 Å². The molecule has 8 nitrogen and oxygen atoms in total. The minimum Gasteiger partial charge on any atom is -0.462 e. The predicted octanol–water partition coefficient (Wildman–Crippen LogP) is 14.5. The van der Waals surface area contributed by atoms with E-state index in [1.165, 1.54) is 135 Å². The molecule has 0 heterocycles. The number of ether oxygens (including phenoxy) is 2. The van der Waals surface area contributed by atoms with Crippen LogP contribution in [0.4, 0.5) is 0 Å². The second-order valence-corrected chi connectivity index (χ2v) is 16.6. The van der Waals surface area contributed by atoms with Gasteiger partial charge in [0.05, 0.1) is 6.61 Å². The first-order valence-electron chi connectivity index (χ1n) is 23.1. The third-order valence-corrected chi connectivity index (χ3v) is 10.3. The van der Waals surface area contributed by atoms with Crippen LogP contribution in [-0.4, -0.2) is 41.0 Å². The molecule has 1 atom stereocenters. The molecule has 0 amide bonds. The second-order valence-electron chi connectivity index (χ2n) is 15.4. The topological polar surface area (TPSA) is 119 Å². The van der Waals surface area contributed by atoms with Gasteiger partial charge in [-0.05, 0) is 51.4 Å². The summed E-state index contributed by atoms with van der Waals surface area (Å²) in [5, 5.41) is 0. The molecule has 0 aliphatic carbocycles. The molecule has 0 fully saturated rings. The van der Waals surface area contributed by atoms with Crippen molar-refractivity contribution in [2.24, 2.45) is 0 Å². The average Bonchev–Trinajstić information content (AvgIpc) is 3.18. The zero-order valence-corrected chi connectivity index (χ0v) is 37.4. The number of phosphoric ester groups is 1. The van der Waals surface area contributed by atoms with Gasteiger partial charge in [-0.2, -0.15) is 0 Å². The van der Waals surface area contributed by atoms with E-state index in [0.717, 1.165) is 38.5 Å². The van der Waals surface area contributed by atoms with Crippen LogP contribution in [-0.2, 0) is 28.2 Å². The fraction of sp³-hybridized carbons (Fsp3) is 0.750. The Hall–Kier alpha value is -2.25. The Labute approximate surface area is 349 Å². The summed E-state index contributed by atoms with van der Waals surface area (Å²) in [6, 6.07) is 0. The number of unbranched alkanes of at least 4 members (excludes halogenated alkanes) is 22. The quantitative estimate of drug-likeness (QED) is 0.0270. The molecule has 330 valence electrons. The van der Waals surface area contributed by atoms with Crippen LogP contribution in [0.15, 0.2) is 60.8 Å². The van der Waals surface area contributed by atoms with Crippen molar-refractivity contribution < 1.29 is 37.9 Å². The summed E-state index contributed by atoms with van der Waals surface area (Å²) in [5.74, 6) is -0.976. The highest BCUT2D eigenvalue weighted by Gasteiger charge is 2.22. The zero-order valence-electron chi connectivity index (χ0n) is 36.5. The summed E-state index contributed by atoms with van der Waals surface area (Å²) in [5.41, 5.74) is 0. The number of carbonyl (C=O) groups excluding carboxylic acids is 2. The van der Waals surface area contributed by atoms with E-state index in [9.17, 15) is 14.2 Å². The normalized spacial score (nSPS) is 13.0. The monoisotopic (exact) mass is 821 g/mol. The number of allylic oxidation sites excluding steroid dienone is 10. The number of carbonyl (C=O) groups is 2. The average molecular weight is 821 g/mol. The Morgan fingerprint density at radius 2 is 0.825 bits per heavy atom. The van der Waals surface area contributed by atoms with E-state index >= 15 is 0 Å². The molecule has 0 unspecified atom stereocenters. The van der Waals surface area contributed by atoms with E-state index in [2.05, 4.69) is 67.0 Å². The van der Waals surface area contributed by atoms with Gasteiger partial charge >= 0.3 is 19.8 Å². The molecule has 0 saturated carbocycles. The van der Waals surface area contributed by atoms with Crippen LogP contribution in [0.3, 0.4) is 0 Å². The number of phosphoric acid groups is 1. The Morgan fingerprint density at radius 1 is 0.456 bits per heavy atom. The molecular weight excluding hydrogens is 735 g/mol. The number of esters is 2. The molecule has 0 spiro atoms. The van der Waals surface area contributed by atoms with Crippen molar-refractivity contribution in [3.05, 3.63) is 60.8 Å². The van der Waals surface area contributed by atoms with Crippen LogP contribution in [0.5, 0.6) is 0 Å². The van der Waals surface area contributed by atoms with Crippen LogP contribution in [0.1, 0.15) is 213 Å². The van der Waals surface area contributed by atoms with E-state index in [1.54, 1.807) is 0 Å². The van der Waals surface area contributed by atoms with Gasteiger partial charge in [-0.1, -0.05) is 209 Å². The zero-order chi connectivity index (χ0) is 41.8. The summed E-state index contributed by atoms with van der Waals surface area (Å²) >= 11 is 0. The second kappa shape index (κ2) is 43.3. The first-order valence-corrected chi connectivity index (χ1v) is 24.6. The first-order chi connectivity index (χ1) is 27.8. The predicted molar refractivity (Wildman–Crippen MR) is 239 cm³/mol. The van der Waals surface area contributed by atoms with Crippen LogP contribution < -0.4 is 0 Å². The highest BCUT2D eigenvalue weighted by molar-refractivity contribution is 7.46. The first kappa shape index (κ1) is 54.8. The van der Waals surface area contributed by atoms with Crippen LogP contribution in [0, 0.1) is 0 Å². The smallest absolute Gasteiger partial charge is 0.462 e. The van der Waals surface area contributed by atoms with Crippen molar-refractivity contribution in [1.82, 2.24) is 0 Å². The minimum atomic E-state index is -4.78. The highest BCUT2D eigenvalue weighted by Crippen LogP contribution is 2.36. The van der Waals surface area contributed by atoms with Gasteiger partial charge in [-0.3, -0.25) is 14.1 Å². The van der Waals surface area contributed by atoms with Crippen molar-refractivity contribution in [3.8, 4) is 0 Å². The van der Waals surface area contributed by atoms with Gasteiger partial charge in [0.25, 0.3) is 0 Å². The Bertz CT molecular complexity index is 1110. The van der Waals surface area contributed by atoms with E-state index in [0.29, 0.717) is 12.8 Å². The van der Waals surface area contributed by atoms with Crippen molar-refractivity contribution in [1.29, 1.82) is 0 Å². The van der Waals surface area contributed by atoms with Crippen molar-refractivity contribution in [2.45, 2.75) is 219 Å². The van der Waals surface area contributed by atoms with Gasteiger partial charge in [0.2, 0.25) is 0 Å². The van der Waals surface area contributed by atoms with Crippen molar-refractivity contribution in [3.63, 3.8) is 0 Å². The fourth-order valence-electron chi connectivity index (χ4n) is 6.36. The molecule has 0 radical (unpaired) electrons. The van der Waals surface area contributed by atoms with Gasteiger partial charge in [0.15, 0.2) is 6.10 Å². The molecule has 0 aromatic carbocycles. The number of hydrogen-bond acceptors (Lipinski definition) is 6. The van der Waals surface area contributed by atoms with Gasteiger partial charge < -0.3 is 19.3 Å². The molecular formula is C48H85O8P. The molecule has 0 aromatic heterocycles. The third-order valence-electron chi connectivity index (χ3n) is 9.80. The summed E-state index contributed by atoms with van der Waals surface area (Å²) in [6.07, 6.45) is 55.3. The molecule has 0 aliphatic heterocycles. The van der Waals surface area contributed by atoms with Gasteiger partial charge in [0, 0.05) is 12.8 Å². The fourth-order valence-corrected chi connectivity index (χ4v) is 6.72. The van der Waals surface area contributed by atoms with Gasteiger partial charge in [-0.25, -0.2) is 4.57 Å². The lowest BCUT2D eigenvalue weighted by molar-refractivity contribution is -0.161. The minimum absolute atomic E-state index is 0.0882. The molecule has 9 heteroatoms. The summed E-state index contributed by atoms with van der Waals surface area (Å²) in [4.78, 5) is 42.9. The lowest BCUT2D eigenvalue weighted by Gasteiger charge is -2.18. The van der Waals surface area contributed by atoms with E-state index in [4.69, 9.17) is 19.3 Å². The standard InChI is InChI=1S/C48H85O8P/c1-3-5-7-9-11-13-15-17-19-21-23-25-26-28-30-32-34-36-38-40-42-47(49)54-44-46(45-55-57(51,52)53)56-48(50)43-41-39-37-35-33-31-29-27-24-22-20-18-16-14-12-10-8-6-4-2/h12,14,18,20,24,27,31,33,37,39,46H,3-11,13,15-17,19,21-23,25-26,28-30,32,34-36,38,40-45H2,1-2H3,(H2,51,52,53)/b14-12+,20-18+,27-24+,33-31+,39-37+/t46-/m1/s1. The van der Waals surface area contributed by atoms with E-state index < -0.39 is 32.5 Å². The maximum Gasteiger partial charge on any atom is 0.469 e. The molecule has 0 rings (SSSR count). The summed E-state index contributed by atoms with van der Waals surface area (Å²) in [7, 11) is -4.78. The Balaban J connectivity index is 3.97. The molecule has 0 aliphatic rings. The van der Waals surface area contributed by atoms with Crippen LogP contribution >= 0.6 is 7.82 Å². The summed E-state index contributed by atoms with van der Waals surface area (Å²) in [6.45, 7) is 3.62. The molecule has 0 bridgehead atoms. The van der Waals surface area contributed by atoms with E-state index in [1.807, 2.05) is 12.2 Å². The van der Waals surface area contributed by atoms with Crippen molar-refractivity contribution in [2.75, 3.05) is 13.2 Å². The third kappa shape index (κ3) is 46.3. The molecule has 2 N–H and O–H groups in total. The maximum absolute atomic E-state index is 12.4. The molecule has 57 heavy (non-hydrogen) atoms. The van der Waals surface area contributed by atoms with Crippen molar-refractivity contribution >= 4 is 19.8 Å². The maximum atomic E-state index is 12.4. The van der Waals surface area contributed by atoms with Crippen LogP contribution in [0.2, 0.25) is 0 Å². The lowest BCUT2D eigenvalue weighted by Crippen LogP contribution is -2.29. The Morgan fingerprint density at radius 3 is 1.25 bits per heavy atom. The lowest BCUT2D eigenvalue weighted by atomic mass is 10.0. The number of rotatable bonds is 42. The largest absolute Gasteiger partial charge is 0.469 e. The highest BCUT2D eigenvalue weighted by atomic mass is 31.2. The molecule has 0 saturated heterocycles. The SMILES string of the molecule is CCCCC/C=C/C/C=C/C/C=C/C/C=C/C/C=C/CCC(=O)O[C@H](COC(=O)CCCCCCCCCCCCCCCCCCCCCC)COP(=O)(O)O. The Kier molecular flexibility index (Phi) is 41.6. The van der Waals surface area contributed by atoms with Gasteiger partial charge in [0.1, 0.15) is 6.61 Å². The number of hydrogen-bond donors (Lipinski definition) is 2. The van der Waals surface area contributed by atoms with E-state index in [-0.39, 0.29) is 19.4 Å². The summed E-state index contributed by atoms with van der Waals surface area (Å²) < 4.78 is 26.4. The molecule has 0 aromatic rings.